The molecule has 2 rings (SSSR count). The minimum atomic E-state index is -1.55. The van der Waals surface area contributed by atoms with Crippen LogP contribution < -0.4 is 27.4 Å². The van der Waals surface area contributed by atoms with E-state index in [-0.39, 0.29) is 22.8 Å². The number of nitrogens with two attached hydrogens (primary N) is 2. The van der Waals surface area contributed by atoms with Crippen molar-refractivity contribution < 1.29 is 34.2 Å². The van der Waals surface area contributed by atoms with Crippen molar-refractivity contribution >= 4 is 35.3 Å². The molecular weight excluding hydrogens is 482 g/mol. The van der Waals surface area contributed by atoms with Gasteiger partial charge in [0.05, 0.1) is 6.42 Å². The number of carboxylic acids is 1. The number of primary amides is 1. The van der Waals surface area contributed by atoms with Gasteiger partial charge in [0.25, 0.3) is 5.91 Å². The number of nitrogens with one attached hydrogen (secondary N) is 3. The topological polar surface area (TPSA) is 214 Å². The van der Waals surface area contributed by atoms with E-state index in [9.17, 15) is 34.2 Å². The van der Waals surface area contributed by atoms with E-state index in [1.54, 1.807) is 12.1 Å². The molecule has 12 heteroatoms. The number of anilines is 1. The zero-order valence-electron chi connectivity index (χ0n) is 20.3. The molecule has 2 aromatic carbocycles. The van der Waals surface area contributed by atoms with Crippen molar-refractivity contribution in [3.8, 4) is 16.9 Å². The molecule has 0 aliphatic carbocycles. The summed E-state index contributed by atoms with van der Waals surface area (Å²) in [5.74, 6) is -4.07. The highest BCUT2D eigenvalue weighted by Gasteiger charge is 2.25. The first-order valence-electron chi connectivity index (χ1n) is 11.5. The number of rotatable bonds is 13. The summed E-state index contributed by atoms with van der Waals surface area (Å²) >= 11 is 0. The lowest BCUT2D eigenvalue weighted by Gasteiger charge is -2.19. The van der Waals surface area contributed by atoms with E-state index >= 15 is 0 Å². The van der Waals surface area contributed by atoms with Gasteiger partial charge >= 0.3 is 5.97 Å². The second kappa shape index (κ2) is 13.6. The molecule has 0 radical (unpaired) electrons. The predicted octanol–water partition coefficient (Wildman–Crippen LogP) is 0.690. The number of unbranched alkanes of at least 4 members (excludes halogenated alkanes) is 1. The van der Waals surface area contributed by atoms with E-state index in [2.05, 4.69) is 16.0 Å². The average Bonchev–Trinajstić information content (AvgIpc) is 2.82. The molecule has 37 heavy (non-hydrogen) atoms. The second-order valence-corrected chi connectivity index (χ2v) is 8.37. The van der Waals surface area contributed by atoms with E-state index in [4.69, 9.17) is 11.5 Å². The van der Waals surface area contributed by atoms with Crippen LogP contribution in [0.4, 0.5) is 5.69 Å². The molecule has 0 aliphatic heterocycles. The minimum absolute atomic E-state index is 0.0284. The SMILES string of the molecule is CC(=O)N[C@@H](CCCCN)C(=O)Nc1ccc(C(=O)N[C@@H](CC(N)=O)C(=O)O)c(-c2cccc(O)c2)c1. The highest BCUT2D eigenvalue weighted by Crippen LogP contribution is 2.30. The zero-order valence-corrected chi connectivity index (χ0v) is 20.3. The van der Waals surface area contributed by atoms with E-state index in [1.165, 1.54) is 37.3 Å². The highest BCUT2D eigenvalue weighted by atomic mass is 16.4. The largest absolute Gasteiger partial charge is 0.508 e. The Morgan fingerprint density at radius 1 is 0.973 bits per heavy atom. The summed E-state index contributed by atoms with van der Waals surface area (Å²) < 4.78 is 0. The lowest BCUT2D eigenvalue weighted by molar-refractivity contribution is -0.141. The van der Waals surface area contributed by atoms with Crippen LogP contribution in [0.2, 0.25) is 0 Å². The summed E-state index contributed by atoms with van der Waals surface area (Å²) in [5, 5.41) is 26.9. The molecule has 0 heterocycles. The number of phenols is 1. The molecule has 0 aromatic heterocycles. The molecule has 198 valence electrons. The van der Waals surface area contributed by atoms with Crippen molar-refractivity contribution in [3.05, 3.63) is 48.0 Å². The lowest BCUT2D eigenvalue weighted by Crippen LogP contribution is -2.43. The summed E-state index contributed by atoms with van der Waals surface area (Å²) in [7, 11) is 0. The normalized spacial score (nSPS) is 12.2. The third kappa shape index (κ3) is 8.93. The molecule has 4 amide bonds. The number of carbonyl (C=O) groups excluding carboxylic acids is 4. The number of hydrogen-bond donors (Lipinski definition) is 7. The summed E-state index contributed by atoms with van der Waals surface area (Å²) in [6.07, 6.45) is 1.07. The van der Waals surface area contributed by atoms with Gasteiger partial charge in [-0.25, -0.2) is 4.79 Å². The average molecular weight is 514 g/mol. The number of carboxylic acid groups (broad SMARTS) is 1. The van der Waals surface area contributed by atoms with Crippen molar-refractivity contribution in [2.45, 2.75) is 44.7 Å². The summed E-state index contributed by atoms with van der Waals surface area (Å²) in [4.78, 5) is 60.2. The fourth-order valence-corrected chi connectivity index (χ4v) is 3.61. The summed E-state index contributed by atoms with van der Waals surface area (Å²) in [5.41, 5.74) is 11.6. The Balaban J connectivity index is 2.41. The summed E-state index contributed by atoms with van der Waals surface area (Å²) in [6.45, 7) is 1.76. The number of hydrogen-bond acceptors (Lipinski definition) is 7. The smallest absolute Gasteiger partial charge is 0.326 e. The first kappa shape index (κ1) is 28.8. The van der Waals surface area contributed by atoms with Crippen molar-refractivity contribution in [1.82, 2.24) is 10.6 Å². The fraction of sp³-hybridized carbons (Fsp3) is 0.320. The maximum Gasteiger partial charge on any atom is 0.326 e. The van der Waals surface area contributed by atoms with Crippen molar-refractivity contribution in [2.24, 2.45) is 11.5 Å². The van der Waals surface area contributed by atoms with Crippen LogP contribution in [0.1, 0.15) is 43.0 Å². The Hall–Kier alpha value is -4.45. The first-order valence-corrected chi connectivity index (χ1v) is 11.5. The van der Waals surface area contributed by atoms with Gasteiger partial charge in [-0.2, -0.15) is 0 Å². The number of carbonyl (C=O) groups is 5. The standard InChI is InChI=1S/C25H31N5O7/c1-14(31)28-20(7-2-3-10-26)24(35)29-16-8-9-18(19(12-16)15-5-4-6-17(32)11-15)23(34)30-21(25(36)37)13-22(27)33/h4-6,8-9,11-12,20-21,32H,2-3,7,10,13,26H2,1H3,(H2,27,33)(H,28,31)(H,29,35)(H,30,34)(H,36,37)/t20-,21-/m0/s1. The number of phenolic OH excluding ortho intramolecular Hbond substituents is 1. The third-order valence-corrected chi connectivity index (χ3v) is 5.34. The van der Waals surface area contributed by atoms with Gasteiger partial charge in [0.1, 0.15) is 17.8 Å². The van der Waals surface area contributed by atoms with Crippen LogP contribution in [-0.2, 0) is 19.2 Å². The Labute approximate surface area is 213 Å². The van der Waals surface area contributed by atoms with Crippen LogP contribution in [0, 0.1) is 0 Å². The molecule has 0 fully saturated rings. The first-order chi connectivity index (χ1) is 17.5. The lowest BCUT2D eigenvalue weighted by atomic mass is 9.97. The monoisotopic (exact) mass is 513 g/mol. The summed E-state index contributed by atoms with van der Waals surface area (Å²) in [6, 6.07) is 7.93. The Bertz CT molecular complexity index is 1170. The number of benzene rings is 2. The molecule has 0 aliphatic rings. The molecule has 9 N–H and O–H groups in total. The highest BCUT2D eigenvalue weighted by molar-refractivity contribution is 6.04. The zero-order chi connectivity index (χ0) is 27.5. The van der Waals surface area contributed by atoms with Gasteiger partial charge in [-0.15, -0.1) is 0 Å². The maximum absolute atomic E-state index is 13.0. The van der Waals surface area contributed by atoms with E-state index in [0.29, 0.717) is 37.1 Å². The number of amides is 4. The maximum atomic E-state index is 13.0. The molecule has 0 bridgehead atoms. The van der Waals surface area contributed by atoms with Crippen LogP contribution in [-0.4, -0.2) is 58.4 Å². The van der Waals surface area contributed by atoms with Crippen molar-refractivity contribution in [1.29, 1.82) is 0 Å². The van der Waals surface area contributed by atoms with Crippen molar-refractivity contribution in [3.63, 3.8) is 0 Å². The predicted molar refractivity (Wildman–Crippen MR) is 135 cm³/mol. The van der Waals surface area contributed by atoms with E-state index in [0.717, 1.165) is 0 Å². The molecule has 2 atom stereocenters. The van der Waals surface area contributed by atoms with Gasteiger partial charge in [0, 0.05) is 18.2 Å². The van der Waals surface area contributed by atoms with Gasteiger partial charge in [0.2, 0.25) is 17.7 Å². The number of aliphatic carboxylic acids is 1. The molecule has 0 unspecified atom stereocenters. The number of aromatic hydroxyl groups is 1. The van der Waals surface area contributed by atoms with Crippen LogP contribution in [0.5, 0.6) is 5.75 Å². The van der Waals surface area contributed by atoms with Gasteiger partial charge in [-0.05, 0) is 67.3 Å². The molecule has 2 aromatic rings. The van der Waals surface area contributed by atoms with Crippen LogP contribution in [0.25, 0.3) is 11.1 Å². The molecule has 12 nitrogen and oxygen atoms in total. The third-order valence-electron chi connectivity index (χ3n) is 5.34. The van der Waals surface area contributed by atoms with Gasteiger partial charge in [-0.3, -0.25) is 19.2 Å². The molecule has 0 spiro atoms. The van der Waals surface area contributed by atoms with E-state index < -0.39 is 42.2 Å². The van der Waals surface area contributed by atoms with Gasteiger partial charge < -0.3 is 37.6 Å². The van der Waals surface area contributed by atoms with E-state index in [1.807, 2.05) is 0 Å². The fourth-order valence-electron chi connectivity index (χ4n) is 3.61. The van der Waals surface area contributed by atoms with Gasteiger partial charge in [0.15, 0.2) is 0 Å². The quantitative estimate of drug-likeness (QED) is 0.189. The van der Waals surface area contributed by atoms with Gasteiger partial charge in [-0.1, -0.05) is 12.1 Å². The Morgan fingerprint density at radius 2 is 1.70 bits per heavy atom. The van der Waals surface area contributed by atoms with Crippen molar-refractivity contribution in [2.75, 3.05) is 11.9 Å². The molecule has 0 saturated heterocycles. The minimum Gasteiger partial charge on any atom is -0.508 e. The van der Waals surface area contributed by atoms with Crippen LogP contribution >= 0.6 is 0 Å². The Kier molecular flexibility index (Phi) is 10.6. The van der Waals surface area contributed by atoms with Crippen LogP contribution in [0.15, 0.2) is 42.5 Å². The Morgan fingerprint density at radius 3 is 2.30 bits per heavy atom. The second-order valence-electron chi connectivity index (χ2n) is 8.37. The van der Waals surface area contributed by atoms with Crippen LogP contribution in [0.3, 0.4) is 0 Å². The molecule has 0 saturated carbocycles. The molecular formula is C25H31N5O7.